The molecule has 0 saturated heterocycles. The van der Waals surface area contributed by atoms with Crippen LogP contribution in [-0.2, 0) is 9.84 Å². The molecule has 5 heteroatoms. The second-order valence-electron chi connectivity index (χ2n) is 6.17. The van der Waals surface area contributed by atoms with E-state index in [1.54, 1.807) is 0 Å². The van der Waals surface area contributed by atoms with Crippen molar-refractivity contribution >= 4 is 25.8 Å². The van der Waals surface area contributed by atoms with Gasteiger partial charge in [-0.15, -0.1) is 0 Å². The highest BCUT2D eigenvalue weighted by Gasteiger charge is 2.33. The highest BCUT2D eigenvalue weighted by Crippen LogP contribution is 2.39. The molecule has 0 aromatic heterocycles. The Morgan fingerprint density at radius 1 is 1.33 bits per heavy atom. The summed E-state index contributed by atoms with van der Waals surface area (Å²) in [6.07, 6.45) is 5.00. The molecule has 3 atom stereocenters. The maximum absolute atomic E-state index is 11.9. The van der Waals surface area contributed by atoms with Crippen LogP contribution in [0.4, 0.5) is 0 Å². The highest BCUT2D eigenvalue weighted by atomic mass is 79.9. The van der Waals surface area contributed by atoms with Crippen molar-refractivity contribution in [2.75, 3.05) is 13.3 Å². The average Bonchev–Trinajstić information content (AvgIpc) is 2.43. The Kier molecular flexibility index (Phi) is 5.49. The molecule has 21 heavy (non-hydrogen) atoms. The number of rotatable bonds is 4. The monoisotopic (exact) mass is 373 g/mol. The normalized spacial score (nSPS) is 24.8. The fourth-order valence-electron chi connectivity index (χ4n) is 3.42. The van der Waals surface area contributed by atoms with Crippen LogP contribution in [0, 0.1) is 12.8 Å². The third-order valence-electron chi connectivity index (χ3n) is 4.54. The lowest BCUT2D eigenvalue weighted by Crippen LogP contribution is -2.34. The summed E-state index contributed by atoms with van der Waals surface area (Å²) in [5.74, 6) is 0.363. The van der Waals surface area contributed by atoms with E-state index in [0.717, 1.165) is 30.2 Å². The lowest BCUT2D eigenvalue weighted by molar-refractivity contribution is 0.282. The van der Waals surface area contributed by atoms with Crippen LogP contribution < -0.4 is 5.32 Å². The Morgan fingerprint density at radius 2 is 2.05 bits per heavy atom. The third kappa shape index (κ3) is 4.08. The van der Waals surface area contributed by atoms with Gasteiger partial charge in [0.2, 0.25) is 0 Å². The molecule has 1 N–H and O–H groups in total. The molecule has 0 aliphatic heterocycles. The minimum atomic E-state index is -2.94. The van der Waals surface area contributed by atoms with Gasteiger partial charge in [-0.25, -0.2) is 8.42 Å². The van der Waals surface area contributed by atoms with Crippen molar-refractivity contribution in [3.63, 3.8) is 0 Å². The molecule has 1 aliphatic carbocycles. The highest BCUT2D eigenvalue weighted by molar-refractivity contribution is 9.10. The van der Waals surface area contributed by atoms with Gasteiger partial charge in [0.1, 0.15) is 9.84 Å². The van der Waals surface area contributed by atoms with Crippen LogP contribution in [0.15, 0.2) is 22.7 Å². The lowest BCUT2D eigenvalue weighted by atomic mass is 9.80. The average molecular weight is 374 g/mol. The predicted octanol–water partition coefficient (Wildman–Crippen LogP) is 3.62. The van der Waals surface area contributed by atoms with Crippen LogP contribution in [0.2, 0.25) is 0 Å². The Balaban J connectivity index is 2.27. The van der Waals surface area contributed by atoms with Crippen molar-refractivity contribution in [3.05, 3.63) is 33.8 Å². The summed E-state index contributed by atoms with van der Waals surface area (Å²) in [5, 5.41) is 3.22. The van der Waals surface area contributed by atoms with E-state index in [9.17, 15) is 8.42 Å². The van der Waals surface area contributed by atoms with Crippen molar-refractivity contribution in [3.8, 4) is 0 Å². The Labute approximate surface area is 136 Å². The number of sulfone groups is 1. The summed E-state index contributed by atoms with van der Waals surface area (Å²) < 4.78 is 24.8. The topological polar surface area (TPSA) is 46.2 Å². The smallest absolute Gasteiger partial charge is 0.150 e. The van der Waals surface area contributed by atoms with E-state index in [0.29, 0.717) is 5.92 Å². The summed E-state index contributed by atoms with van der Waals surface area (Å²) in [6, 6.07) is 6.55. The molecule has 1 aromatic rings. The molecule has 2 rings (SSSR count). The van der Waals surface area contributed by atoms with E-state index in [4.69, 9.17) is 0 Å². The van der Waals surface area contributed by atoms with Crippen LogP contribution in [-0.4, -0.2) is 27.0 Å². The largest absolute Gasteiger partial charge is 0.313 e. The van der Waals surface area contributed by atoms with Gasteiger partial charge in [-0.1, -0.05) is 40.0 Å². The Bertz CT molecular complexity index is 600. The molecule has 0 spiro atoms. The number of hydrogen-bond acceptors (Lipinski definition) is 3. The number of aryl methyl sites for hydroxylation is 1. The molecule has 0 radical (unpaired) electrons. The van der Waals surface area contributed by atoms with Gasteiger partial charge in [0.25, 0.3) is 0 Å². The lowest BCUT2D eigenvalue weighted by Gasteiger charge is -2.34. The minimum absolute atomic E-state index is 0.185. The van der Waals surface area contributed by atoms with Crippen LogP contribution in [0.25, 0.3) is 0 Å². The van der Waals surface area contributed by atoms with E-state index < -0.39 is 9.84 Å². The van der Waals surface area contributed by atoms with Crippen LogP contribution >= 0.6 is 15.9 Å². The quantitative estimate of drug-likeness (QED) is 0.876. The predicted molar refractivity (Wildman–Crippen MR) is 91.3 cm³/mol. The van der Waals surface area contributed by atoms with Gasteiger partial charge in [-0.3, -0.25) is 0 Å². The molecule has 118 valence electrons. The van der Waals surface area contributed by atoms with Gasteiger partial charge in [0.15, 0.2) is 0 Å². The fraction of sp³-hybridized carbons (Fsp3) is 0.625. The first kappa shape index (κ1) is 17.0. The van der Waals surface area contributed by atoms with Crippen molar-refractivity contribution in [1.82, 2.24) is 5.32 Å². The zero-order valence-corrected chi connectivity index (χ0v) is 15.3. The Hall–Kier alpha value is -0.390. The molecule has 1 fully saturated rings. The molecule has 3 unspecified atom stereocenters. The van der Waals surface area contributed by atoms with Crippen molar-refractivity contribution < 1.29 is 8.42 Å². The van der Waals surface area contributed by atoms with Gasteiger partial charge >= 0.3 is 0 Å². The van der Waals surface area contributed by atoms with E-state index in [1.165, 1.54) is 17.4 Å². The molecular formula is C16H24BrNO2S. The molecule has 3 nitrogen and oxygen atoms in total. The van der Waals surface area contributed by atoms with Gasteiger partial charge in [0, 0.05) is 16.8 Å². The standard InChI is InChI=1S/C16H24BrNO2S/c1-11-7-8-15(17)14(9-11)16(18-2)12-5-4-6-13(10-12)21(3,19)20/h7-9,12-13,16,18H,4-6,10H2,1-3H3. The number of benzene rings is 1. The second-order valence-corrected chi connectivity index (χ2v) is 9.35. The van der Waals surface area contributed by atoms with Crippen molar-refractivity contribution in [2.24, 2.45) is 5.92 Å². The molecule has 1 aromatic carbocycles. The SMILES string of the molecule is CNC(c1cc(C)ccc1Br)C1CCCC(S(C)(=O)=O)C1. The van der Waals surface area contributed by atoms with E-state index >= 15 is 0 Å². The second kappa shape index (κ2) is 6.80. The molecule has 0 heterocycles. The first-order chi connectivity index (χ1) is 9.82. The number of halogens is 1. The van der Waals surface area contributed by atoms with Crippen molar-refractivity contribution in [1.29, 1.82) is 0 Å². The van der Waals surface area contributed by atoms with E-state index in [-0.39, 0.29) is 11.3 Å². The molecule has 0 amide bonds. The van der Waals surface area contributed by atoms with Crippen LogP contribution in [0.3, 0.4) is 0 Å². The zero-order chi connectivity index (χ0) is 15.6. The minimum Gasteiger partial charge on any atom is -0.313 e. The molecule has 1 saturated carbocycles. The number of nitrogens with one attached hydrogen (secondary N) is 1. The molecular weight excluding hydrogens is 350 g/mol. The maximum Gasteiger partial charge on any atom is 0.150 e. The summed E-state index contributed by atoms with van der Waals surface area (Å²) in [4.78, 5) is 0. The van der Waals surface area contributed by atoms with E-state index in [1.807, 2.05) is 7.05 Å². The number of hydrogen-bond donors (Lipinski definition) is 1. The van der Waals surface area contributed by atoms with Gasteiger partial charge in [-0.05, 0) is 50.8 Å². The van der Waals surface area contributed by atoms with Gasteiger partial charge in [0.05, 0.1) is 5.25 Å². The summed E-state index contributed by atoms with van der Waals surface area (Å²) in [6.45, 7) is 2.09. The van der Waals surface area contributed by atoms with Gasteiger partial charge < -0.3 is 5.32 Å². The van der Waals surface area contributed by atoms with Crippen LogP contribution in [0.5, 0.6) is 0 Å². The first-order valence-corrected chi connectivity index (χ1v) is 10.2. The maximum atomic E-state index is 11.9. The third-order valence-corrected chi connectivity index (χ3v) is 6.90. The Morgan fingerprint density at radius 3 is 2.67 bits per heavy atom. The first-order valence-electron chi connectivity index (χ1n) is 7.45. The van der Waals surface area contributed by atoms with Crippen molar-refractivity contribution in [2.45, 2.75) is 43.9 Å². The summed E-state index contributed by atoms with van der Waals surface area (Å²) in [5.41, 5.74) is 2.46. The van der Waals surface area contributed by atoms with Crippen LogP contribution in [0.1, 0.15) is 42.9 Å². The zero-order valence-electron chi connectivity index (χ0n) is 12.9. The molecule has 1 aliphatic rings. The van der Waals surface area contributed by atoms with E-state index in [2.05, 4.69) is 46.4 Å². The summed E-state index contributed by atoms with van der Waals surface area (Å²) >= 11 is 3.63. The summed E-state index contributed by atoms with van der Waals surface area (Å²) in [7, 11) is -0.979. The van der Waals surface area contributed by atoms with Gasteiger partial charge in [-0.2, -0.15) is 0 Å². The molecule has 0 bridgehead atoms. The fourth-order valence-corrected chi connectivity index (χ4v) is 5.10.